The SMILES string of the molecule is Cc1cc(=O)oc2cc(OCC(=O)NNC(=O)CCCOc3ccc(Cl)cc3Cl)ccc12. The maximum absolute atomic E-state index is 11.9. The van der Waals surface area contributed by atoms with Crippen molar-refractivity contribution in [1.82, 2.24) is 10.9 Å². The minimum absolute atomic E-state index is 0.134. The number of carbonyl (C=O) groups excluding carboxylic acids is 2. The number of rotatable bonds is 8. The third-order valence-electron chi connectivity index (χ3n) is 4.33. The molecule has 0 aliphatic carbocycles. The smallest absolute Gasteiger partial charge is 0.336 e. The second-order valence-electron chi connectivity index (χ2n) is 6.82. The van der Waals surface area contributed by atoms with Crippen LogP contribution in [0.4, 0.5) is 0 Å². The van der Waals surface area contributed by atoms with Crippen molar-refractivity contribution in [3.8, 4) is 11.5 Å². The van der Waals surface area contributed by atoms with E-state index in [1.54, 1.807) is 37.3 Å². The maximum atomic E-state index is 11.9. The van der Waals surface area contributed by atoms with Gasteiger partial charge >= 0.3 is 5.63 Å². The Kier molecular flexibility index (Phi) is 7.97. The molecule has 8 nitrogen and oxygen atoms in total. The Morgan fingerprint density at radius 3 is 2.56 bits per heavy atom. The van der Waals surface area contributed by atoms with Gasteiger partial charge < -0.3 is 13.9 Å². The highest BCUT2D eigenvalue weighted by Crippen LogP contribution is 2.27. The molecule has 168 valence electrons. The van der Waals surface area contributed by atoms with Gasteiger partial charge in [-0.3, -0.25) is 20.4 Å². The zero-order chi connectivity index (χ0) is 23.1. The second kappa shape index (κ2) is 10.9. The summed E-state index contributed by atoms with van der Waals surface area (Å²) in [5.74, 6) is -0.101. The highest BCUT2D eigenvalue weighted by atomic mass is 35.5. The van der Waals surface area contributed by atoms with Gasteiger partial charge in [0.25, 0.3) is 5.91 Å². The summed E-state index contributed by atoms with van der Waals surface area (Å²) >= 11 is 11.8. The normalized spacial score (nSPS) is 10.6. The first kappa shape index (κ1) is 23.4. The van der Waals surface area contributed by atoms with Gasteiger partial charge in [0, 0.05) is 29.0 Å². The van der Waals surface area contributed by atoms with E-state index < -0.39 is 11.5 Å². The van der Waals surface area contributed by atoms with Gasteiger partial charge in [0.15, 0.2) is 6.61 Å². The first-order chi connectivity index (χ1) is 15.3. The van der Waals surface area contributed by atoms with Crippen LogP contribution in [-0.4, -0.2) is 25.0 Å². The zero-order valence-corrected chi connectivity index (χ0v) is 18.6. The summed E-state index contributed by atoms with van der Waals surface area (Å²) in [4.78, 5) is 35.2. The Morgan fingerprint density at radius 2 is 1.78 bits per heavy atom. The molecule has 0 aliphatic heterocycles. The minimum Gasteiger partial charge on any atom is -0.492 e. The number of carbonyl (C=O) groups is 2. The van der Waals surface area contributed by atoms with Crippen LogP contribution in [0.2, 0.25) is 10.0 Å². The number of aryl methyl sites for hydroxylation is 1. The van der Waals surface area contributed by atoms with Crippen LogP contribution in [0.5, 0.6) is 11.5 Å². The van der Waals surface area contributed by atoms with E-state index >= 15 is 0 Å². The Bertz CT molecular complexity index is 1190. The van der Waals surface area contributed by atoms with Crippen molar-refractivity contribution in [1.29, 1.82) is 0 Å². The molecule has 0 atom stereocenters. The summed E-state index contributed by atoms with van der Waals surface area (Å²) in [7, 11) is 0. The summed E-state index contributed by atoms with van der Waals surface area (Å²) in [6.07, 6.45) is 0.550. The van der Waals surface area contributed by atoms with Crippen molar-refractivity contribution in [3.05, 3.63) is 68.5 Å². The van der Waals surface area contributed by atoms with Crippen LogP contribution in [0.15, 0.2) is 51.7 Å². The van der Waals surface area contributed by atoms with Crippen molar-refractivity contribution in [2.45, 2.75) is 19.8 Å². The number of hydrogen-bond donors (Lipinski definition) is 2. The van der Waals surface area contributed by atoms with Gasteiger partial charge in [-0.15, -0.1) is 0 Å². The number of hydrazine groups is 1. The second-order valence-corrected chi connectivity index (χ2v) is 7.66. The molecule has 3 aromatic rings. The average molecular weight is 479 g/mol. The number of amides is 2. The van der Waals surface area contributed by atoms with Gasteiger partial charge in [0.1, 0.15) is 17.1 Å². The van der Waals surface area contributed by atoms with Crippen molar-refractivity contribution in [3.63, 3.8) is 0 Å². The van der Waals surface area contributed by atoms with E-state index in [1.807, 2.05) is 0 Å². The Morgan fingerprint density at radius 1 is 1.00 bits per heavy atom. The van der Waals surface area contributed by atoms with E-state index in [0.717, 1.165) is 10.9 Å². The molecule has 0 unspecified atom stereocenters. The largest absolute Gasteiger partial charge is 0.492 e. The summed E-state index contributed by atoms with van der Waals surface area (Å²) in [6, 6.07) is 11.2. The molecule has 0 fully saturated rings. The van der Waals surface area contributed by atoms with Crippen molar-refractivity contribution in [2.24, 2.45) is 0 Å². The summed E-state index contributed by atoms with van der Waals surface area (Å²) in [6.45, 7) is 1.73. The molecule has 0 saturated heterocycles. The van der Waals surface area contributed by atoms with Crippen molar-refractivity contribution >= 4 is 46.0 Å². The highest BCUT2D eigenvalue weighted by Gasteiger charge is 2.09. The Balaban J connectivity index is 1.37. The number of nitrogens with one attached hydrogen (secondary N) is 2. The van der Waals surface area contributed by atoms with E-state index in [4.69, 9.17) is 37.1 Å². The third-order valence-corrected chi connectivity index (χ3v) is 4.86. The summed E-state index contributed by atoms with van der Waals surface area (Å²) < 4.78 is 16.0. The minimum atomic E-state index is -0.548. The first-order valence-electron chi connectivity index (χ1n) is 9.64. The van der Waals surface area contributed by atoms with Crippen LogP contribution in [-0.2, 0) is 9.59 Å². The predicted molar refractivity (Wildman–Crippen MR) is 120 cm³/mol. The molecule has 3 rings (SSSR count). The third kappa shape index (κ3) is 6.63. The fourth-order valence-corrected chi connectivity index (χ4v) is 3.25. The number of hydrogen-bond acceptors (Lipinski definition) is 6. The topological polar surface area (TPSA) is 107 Å². The first-order valence-corrected chi connectivity index (χ1v) is 10.4. The lowest BCUT2D eigenvalue weighted by Gasteiger charge is -2.10. The lowest BCUT2D eigenvalue weighted by Crippen LogP contribution is -2.43. The van der Waals surface area contributed by atoms with Crippen molar-refractivity contribution in [2.75, 3.05) is 13.2 Å². The van der Waals surface area contributed by atoms with Gasteiger partial charge in [-0.05, 0) is 49.2 Å². The van der Waals surface area contributed by atoms with Crippen LogP contribution in [0.1, 0.15) is 18.4 Å². The predicted octanol–water partition coefficient (Wildman–Crippen LogP) is 3.79. The average Bonchev–Trinajstić information content (AvgIpc) is 2.74. The molecule has 1 aromatic heterocycles. The zero-order valence-electron chi connectivity index (χ0n) is 17.1. The number of fused-ring (bicyclic) bond motifs is 1. The molecule has 2 N–H and O–H groups in total. The molecule has 0 aliphatic rings. The fraction of sp³-hybridized carbons (Fsp3) is 0.227. The van der Waals surface area contributed by atoms with Gasteiger partial charge in [-0.2, -0.15) is 0 Å². The lowest BCUT2D eigenvalue weighted by atomic mass is 10.1. The molecule has 0 radical (unpaired) electrons. The van der Waals surface area contributed by atoms with E-state index in [2.05, 4.69) is 10.9 Å². The summed E-state index contributed by atoms with van der Waals surface area (Å²) in [5, 5.41) is 1.66. The molecule has 2 amide bonds. The molecule has 2 aromatic carbocycles. The molecule has 0 saturated carbocycles. The molecule has 32 heavy (non-hydrogen) atoms. The van der Waals surface area contributed by atoms with Crippen LogP contribution < -0.4 is 26.0 Å². The number of halogens is 2. The van der Waals surface area contributed by atoms with Crippen LogP contribution in [0, 0.1) is 6.92 Å². The van der Waals surface area contributed by atoms with Gasteiger partial charge in [-0.25, -0.2) is 4.79 Å². The van der Waals surface area contributed by atoms with E-state index in [0.29, 0.717) is 33.5 Å². The monoisotopic (exact) mass is 478 g/mol. The summed E-state index contributed by atoms with van der Waals surface area (Å²) in [5.41, 5.74) is 5.25. The van der Waals surface area contributed by atoms with Crippen LogP contribution >= 0.6 is 23.2 Å². The van der Waals surface area contributed by atoms with Crippen LogP contribution in [0.3, 0.4) is 0 Å². The molecule has 0 spiro atoms. The van der Waals surface area contributed by atoms with E-state index in [1.165, 1.54) is 12.1 Å². The Hall–Kier alpha value is -3.23. The van der Waals surface area contributed by atoms with E-state index in [-0.39, 0.29) is 25.5 Å². The molecule has 1 heterocycles. The van der Waals surface area contributed by atoms with Crippen molar-refractivity contribution < 1.29 is 23.5 Å². The fourth-order valence-electron chi connectivity index (χ4n) is 2.79. The van der Waals surface area contributed by atoms with Crippen LogP contribution in [0.25, 0.3) is 11.0 Å². The molecule has 10 heteroatoms. The quantitative estimate of drug-likeness (QED) is 0.289. The lowest BCUT2D eigenvalue weighted by molar-refractivity contribution is -0.130. The van der Waals surface area contributed by atoms with Gasteiger partial charge in [0.2, 0.25) is 5.91 Å². The highest BCUT2D eigenvalue weighted by molar-refractivity contribution is 6.35. The molecule has 0 bridgehead atoms. The molecular formula is C22H20Cl2N2O6. The Labute approximate surface area is 193 Å². The van der Waals surface area contributed by atoms with Gasteiger partial charge in [0.05, 0.1) is 11.6 Å². The number of ether oxygens (including phenoxy) is 2. The maximum Gasteiger partial charge on any atom is 0.336 e. The molecular weight excluding hydrogens is 459 g/mol. The van der Waals surface area contributed by atoms with E-state index in [9.17, 15) is 14.4 Å². The number of benzene rings is 2. The standard InChI is InChI=1S/C22H20Cl2N2O6/c1-13-9-22(29)32-19-11-15(5-6-16(13)19)31-12-21(28)26-25-20(27)3-2-8-30-18-7-4-14(23)10-17(18)24/h4-7,9-11H,2-3,8,12H2,1H3,(H,25,27)(H,26,28). The van der Waals surface area contributed by atoms with Gasteiger partial charge in [-0.1, -0.05) is 23.2 Å².